The van der Waals surface area contributed by atoms with Gasteiger partial charge in [0.2, 0.25) is 0 Å². The van der Waals surface area contributed by atoms with Crippen LogP contribution >= 0.6 is 35.8 Å². The van der Waals surface area contributed by atoms with Gasteiger partial charge in [0.15, 0.2) is 0 Å². The van der Waals surface area contributed by atoms with Crippen LogP contribution in [0.5, 0.6) is 0 Å². The predicted octanol–water partition coefficient (Wildman–Crippen LogP) is 2.60. The first-order valence-electron chi connectivity index (χ1n) is 5.42. The van der Waals surface area contributed by atoms with Crippen LogP contribution in [0, 0.1) is 0 Å². The Labute approximate surface area is 124 Å². The number of rotatable bonds is 13. The molecule has 0 saturated heterocycles. The lowest BCUT2D eigenvalue weighted by Gasteiger charge is -2.07. The molecule has 0 aromatic carbocycles. The number of hydrogen-bond acceptors (Lipinski definition) is 6. The highest BCUT2D eigenvalue weighted by Gasteiger charge is 2.11. The Balaban J connectivity index is 3.01. The Bertz CT molecular complexity index is 225. The van der Waals surface area contributed by atoms with E-state index in [2.05, 4.69) is 31.0 Å². The van der Waals surface area contributed by atoms with Gasteiger partial charge in [0.1, 0.15) is 0 Å². The smallest absolute Gasteiger partial charge is 0.328 e. The summed E-state index contributed by atoms with van der Waals surface area (Å²) in [5.74, 6) is 0. The quantitative estimate of drug-likeness (QED) is 0.341. The Morgan fingerprint density at radius 3 is 1.56 bits per heavy atom. The van der Waals surface area contributed by atoms with E-state index in [9.17, 15) is 4.57 Å². The van der Waals surface area contributed by atoms with Gasteiger partial charge >= 0.3 is 4.77 Å². The highest BCUT2D eigenvalue weighted by atomic mass is 79.9. The summed E-state index contributed by atoms with van der Waals surface area (Å²) in [5, 5.41) is 0. The fourth-order valence-corrected chi connectivity index (χ4v) is 2.04. The molecule has 0 aliphatic rings. The predicted molar refractivity (Wildman–Crippen MR) is 75.7 cm³/mol. The molecule has 0 bridgehead atoms. The Kier molecular flexibility index (Phi) is 13.7. The molecule has 110 valence electrons. The van der Waals surface area contributed by atoms with E-state index in [4.69, 9.17) is 23.5 Å². The summed E-state index contributed by atoms with van der Waals surface area (Å²) in [7, 11) is 1.63. The van der Waals surface area contributed by atoms with Gasteiger partial charge in [-0.2, -0.15) is 0 Å². The number of hydrogen-bond donors (Lipinski definition) is 0. The topological polar surface area (TPSA) is 63.2 Å². The number of methoxy groups -OCH3 is 1. The molecule has 0 heterocycles. The van der Waals surface area contributed by atoms with Crippen LogP contribution in [0.15, 0.2) is 0 Å². The maximum atomic E-state index is 11.0. The van der Waals surface area contributed by atoms with Crippen LogP contribution in [-0.4, -0.2) is 60.0 Å². The third-order valence-electron chi connectivity index (χ3n) is 1.65. The van der Waals surface area contributed by atoms with Gasteiger partial charge in [-0.3, -0.25) is 4.57 Å². The van der Waals surface area contributed by atoms with Crippen molar-refractivity contribution < 1.29 is 28.0 Å². The van der Waals surface area contributed by atoms with Gasteiger partial charge in [-0.15, -0.1) is 0 Å². The highest BCUT2D eigenvalue weighted by Crippen LogP contribution is 2.62. The molecule has 6 nitrogen and oxygen atoms in total. The van der Waals surface area contributed by atoms with Crippen molar-refractivity contribution in [1.82, 2.24) is 0 Å². The van der Waals surface area contributed by atoms with E-state index in [-0.39, 0.29) is 6.61 Å². The van der Waals surface area contributed by atoms with Gasteiger partial charge in [0.25, 0.3) is 0 Å². The van der Waals surface area contributed by atoms with Crippen molar-refractivity contribution in [3.05, 3.63) is 0 Å². The van der Waals surface area contributed by atoms with Crippen LogP contribution in [0.1, 0.15) is 0 Å². The SMILES string of the molecule is COCCOCCOCCOCCOP(=O)(Br)Br. The second-order valence-corrected chi connectivity index (χ2v) is 12.6. The van der Waals surface area contributed by atoms with Gasteiger partial charge in [0, 0.05) is 38.1 Å². The maximum absolute atomic E-state index is 11.0. The molecule has 0 atom stereocenters. The Hall–Kier alpha value is 0.990. The minimum atomic E-state index is -2.76. The lowest BCUT2D eigenvalue weighted by atomic mass is 10.7. The summed E-state index contributed by atoms with van der Waals surface area (Å²) in [6, 6.07) is 0. The first kappa shape index (κ1) is 19.0. The molecule has 0 fully saturated rings. The number of halogens is 2. The van der Waals surface area contributed by atoms with Crippen LogP contribution in [0.4, 0.5) is 0 Å². The summed E-state index contributed by atoms with van der Waals surface area (Å²) in [6.45, 7) is 3.83. The van der Waals surface area contributed by atoms with E-state index in [1.807, 2.05) is 0 Å². The van der Waals surface area contributed by atoms with Gasteiger partial charge in [-0.05, 0) is 0 Å². The summed E-state index contributed by atoms with van der Waals surface area (Å²) in [5.41, 5.74) is 0. The van der Waals surface area contributed by atoms with Gasteiger partial charge in [-0.1, -0.05) is 0 Å². The lowest BCUT2D eigenvalue weighted by Crippen LogP contribution is -2.12. The molecule has 0 aliphatic carbocycles. The summed E-state index contributed by atoms with van der Waals surface area (Å²) < 4.78 is 33.6. The van der Waals surface area contributed by atoms with E-state index in [0.717, 1.165) is 0 Å². The molecular formula is C9H19Br2O6P. The van der Waals surface area contributed by atoms with Crippen molar-refractivity contribution in [2.45, 2.75) is 0 Å². The molecule has 0 radical (unpaired) electrons. The van der Waals surface area contributed by atoms with Gasteiger partial charge in [0.05, 0.1) is 52.9 Å². The minimum absolute atomic E-state index is 0.258. The normalized spacial score (nSPS) is 11.9. The van der Waals surface area contributed by atoms with Crippen molar-refractivity contribution in [3.8, 4) is 0 Å². The van der Waals surface area contributed by atoms with Crippen LogP contribution in [0.25, 0.3) is 0 Å². The summed E-state index contributed by atoms with van der Waals surface area (Å²) >= 11 is 5.71. The van der Waals surface area contributed by atoms with Crippen molar-refractivity contribution in [2.24, 2.45) is 0 Å². The first-order valence-corrected chi connectivity index (χ1v) is 11.1. The second-order valence-electron chi connectivity index (χ2n) is 3.08. The summed E-state index contributed by atoms with van der Waals surface area (Å²) in [4.78, 5) is 0. The van der Waals surface area contributed by atoms with Crippen LogP contribution in [0.3, 0.4) is 0 Å². The average Bonchev–Trinajstić information content (AvgIpc) is 2.29. The van der Waals surface area contributed by atoms with Gasteiger partial charge in [-0.25, -0.2) is 0 Å². The zero-order valence-corrected chi connectivity index (χ0v) is 14.4. The fourth-order valence-electron chi connectivity index (χ4n) is 0.887. The van der Waals surface area contributed by atoms with E-state index in [1.165, 1.54) is 0 Å². The van der Waals surface area contributed by atoms with Gasteiger partial charge < -0.3 is 23.5 Å². The Morgan fingerprint density at radius 1 is 0.778 bits per heavy atom. The standard InChI is InChI=1S/C9H19Br2O6P/c1-13-2-3-14-4-5-15-6-7-16-8-9-17-18(10,11)12/h2-9H2,1H3. The molecule has 0 N–H and O–H groups in total. The molecule has 0 saturated carbocycles. The minimum Gasteiger partial charge on any atom is -0.382 e. The molecule has 0 aliphatic heterocycles. The molecule has 0 amide bonds. The maximum Gasteiger partial charge on any atom is 0.328 e. The monoisotopic (exact) mass is 412 g/mol. The zero-order valence-electron chi connectivity index (χ0n) is 10.3. The molecule has 9 heteroatoms. The van der Waals surface area contributed by atoms with E-state index >= 15 is 0 Å². The molecule has 18 heavy (non-hydrogen) atoms. The van der Waals surface area contributed by atoms with Crippen LogP contribution in [0.2, 0.25) is 0 Å². The highest BCUT2D eigenvalue weighted by molar-refractivity contribution is 9.70. The third-order valence-corrected chi connectivity index (χ3v) is 3.36. The van der Waals surface area contributed by atoms with Crippen molar-refractivity contribution in [2.75, 3.05) is 60.0 Å². The Morgan fingerprint density at radius 2 is 1.17 bits per heavy atom. The molecule has 0 rings (SSSR count). The van der Waals surface area contributed by atoms with Crippen molar-refractivity contribution in [1.29, 1.82) is 0 Å². The molecular weight excluding hydrogens is 395 g/mol. The fraction of sp³-hybridized carbons (Fsp3) is 1.00. The molecule has 0 aromatic heterocycles. The summed E-state index contributed by atoms with van der Waals surface area (Å²) in [6.07, 6.45) is 0. The van der Waals surface area contributed by atoms with E-state index in [0.29, 0.717) is 46.2 Å². The van der Waals surface area contributed by atoms with Crippen LogP contribution < -0.4 is 0 Å². The van der Waals surface area contributed by atoms with Crippen molar-refractivity contribution >= 4 is 35.8 Å². The lowest BCUT2D eigenvalue weighted by molar-refractivity contribution is 0.000528. The third kappa shape index (κ3) is 17.0. The molecule has 0 unspecified atom stereocenters. The second kappa shape index (κ2) is 13.0. The van der Waals surface area contributed by atoms with Crippen LogP contribution in [-0.2, 0) is 28.0 Å². The van der Waals surface area contributed by atoms with E-state index < -0.39 is 4.77 Å². The zero-order chi connectivity index (χ0) is 13.7. The largest absolute Gasteiger partial charge is 0.382 e. The van der Waals surface area contributed by atoms with E-state index in [1.54, 1.807) is 7.11 Å². The first-order chi connectivity index (χ1) is 8.56. The number of ether oxygens (including phenoxy) is 4. The van der Waals surface area contributed by atoms with Crippen molar-refractivity contribution in [3.63, 3.8) is 0 Å². The molecule has 0 spiro atoms. The molecule has 0 aromatic rings. The average molecular weight is 414 g/mol.